The van der Waals surface area contributed by atoms with Crippen molar-refractivity contribution in [2.24, 2.45) is 5.92 Å². The van der Waals surface area contributed by atoms with E-state index in [0.717, 1.165) is 48.8 Å². The average molecular weight is 357 g/mol. The second kappa shape index (κ2) is 6.00. The molecule has 0 aromatic carbocycles. The van der Waals surface area contributed by atoms with Gasteiger partial charge in [0, 0.05) is 31.9 Å². The van der Waals surface area contributed by atoms with Crippen LogP contribution in [0.1, 0.15) is 31.7 Å². The summed E-state index contributed by atoms with van der Waals surface area (Å²) in [5, 5.41) is 5.65. The topological polar surface area (TPSA) is 46.8 Å². The molecule has 1 atom stereocenters. The van der Waals surface area contributed by atoms with Crippen LogP contribution in [0.2, 0.25) is 0 Å². The van der Waals surface area contributed by atoms with Gasteiger partial charge >= 0.3 is 0 Å². The molecule has 0 bridgehead atoms. The second-order valence-electron chi connectivity index (χ2n) is 7.19. The molecule has 0 amide bonds. The number of anilines is 1. The number of fused-ring (bicyclic) bond motifs is 1. The number of aromatic nitrogens is 4. The van der Waals surface area contributed by atoms with Gasteiger partial charge < -0.3 is 4.90 Å². The molecule has 1 unspecified atom stereocenters. The fraction of sp³-hybridized carbons (Fsp3) is 0.421. The van der Waals surface area contributed by atoms with Crippen molar-refractivity contribution in [2.75, 3.05) is 18.0 Å². The van der Waals surface area contributed by atoms with Crippen LogP contribution in [0.15, 0.2) is 30.5 Å². The van der Waals surface area contributed by atoms with Gasteiger partial charge in [-0.1, -0.05) is 13.0 Å². The molecule has 3 aromatic heterocycles. The van der Waals surface area contributed by atoms with Gasteiger partial charge in [-0.3, -0.25) is 4.98 Å². The minimum absolute atomic E-state index is 0.263. The summed E-state index contributed by atoms with van der Waals surface area (Å²) in [5.41, 5.74) is 1.41. The van der Waals surface area contributed by atoms with Crippen LogP contribution in [0.25, 0.3) is 16.7 Å². The molecule has 3 aromatic rings. The van der Waals surface area contributed by atoms with Crippen molar-refractivity contribution in [1.29, 1.82) is 0 Å². The van der Waals surface area contributed by atoms with Crippen molar-refractivity contribution in [1.82, 2.24) is 19.7 Å². The van der Waals surface area contributed by atoms with Crippen molar-refractivity contribution in [2.45, 2.75) is 33.1 Å². The third kappa shape index (κ3) is 2.91. The van der Waals surface area contributed by atoms with E-state index in [1.165, 1.54) is 6.07 Å². The van der Waals surface area contributed by atoms with Gasteiger partial charge in [-0.25, -0.2) is 9.67 Å². The average Bonchev–Trinajstić information content (AvgIpc) is 3.17. The van der Waals surface area contributed by atoms with Crippen molar-refractivity contribution < 1.29 is 8.78 Å². The molecule has 0 N–H and O–H groups in total. The van der Waals surface area contributed by atoms with Crippen LogP contribution >= 0.6 is 0 Å². The molecule has 26 heavy (non-hydrogen) atoms. The molecule has 1 aliphatic rings. The van der Waals surface area contributed by atoms with Gasteiger partial charge in [0.1, 0.15) is 5.69 Å². The first-order chi connectivity index (χ1) is 12.3. The molecule has 7 heteroatoms. The molecule has 4 rings (SSSR count). The molecule has 0 aliphatic carbocycles. The lowest BCUT2D eigenvalue weighted by atomic mass is 10.2. The lowest BCUT2D eigenvalue weighted by molar-refractivity contribution is 0.0127. The highest BCUT2D eigenvalue weighted by molar-refractivity contribution is 5.91. The lowest BCUT2D eigenvalue weighted by Gasteiger charge is -2.15. The van der Waals surface area contributed by atoms with Gasteiger partial charge in [-0.2, -0.15) is 8.78 Å². The Morgan fingerprint density at radius 2 is 2.08 bits per heavy atom. The fourth-order valence-electron chi connectivity index (χ4n) is 3.42. The van der Waals surface area contributed by atoms with Gasteiger partial charge in [0.05, 0.1) is 10.9 Å². The van der Waals surface area contributed by atoms with Crippen LogP contribution in [0.5, 0.6) is 0 Å². The predicted molar refractivity (Wildman–Crippen MR) is 97.0 cm³/mol. The molecule has 0 saturated carbocycles. The second-order valence-corrected chi connectivity index (χ2v) is 7.19. The molecule has 4 heterocycles. The third-order valence-corrected chi connectivity index (χ3v) is 4.81. The molecule has 5 nitrogen and oxygen atoms in total. The van der Waals surface area contributed by atoms with E-state index in [2.05, 4.69) is 21.8 Å². The van der Waals surface area contributed by atoms with E-state index in [-0.39, 0.29) is 5.69 Å². The van der Waals surface area contributed by atoms with Gasteiger partial charge in [-0.15, -0.1) is 5.10 Å². The molecule has 1 saturated heterocycles. The van der Waals surface area contributed by atoms with E-state index in [4.69, 9.17) is 5.10 Å². The third-order valence-electron chi connectivity index (χ3n) is 4.81. The van der Waals surface area contributed by atoms with Crippen molar-refractivity contribution in [3.63, 3.8) is 0 Å². The lowest BCUT2D eigenvalue weighted by Crippen LogP contribution is -2.20. The normalized spacial score (nSPS) is 18.0. The molecule has 0 spiro atoms. The summed E-state index contributed by atoms with van der Waals surface area (Å²) in [7, 11) is 0. The summed E-state index contributed by atoms with van der Waals surface area (Å²) < 4.78 is 29.1. The van der Waals surface area contributed by atoms with Crippen LogP contribution in [-0.2, 0) is 5.92 Å². The first kappa shape index (κ1) is 16.9. The summed E-state index contributed by atoms with van der Waals surface area (Å²) >= 11 is 0. The Morgan fingerprint density at radius 3 is 2.77 bits per heavy atom. The molecular formula is C19H21F2N5. The zero-order valence-corrected chi connectivity index (χ0v) is 15.1. The van der Waals surface area contributed by atoms with E-state index in [1.807, 2.05) is 19.2 Å². The highest BCUT2D eigenvalue weighted by Gasteiger charge is 2.28. The van der Waals surface area contributed by atoms with Crippen molar-refractivity contribution in [3.05, 3.63) is 41.9 Å². The summed E-state index contributed by atoms with van der Waals surface area (Å²) in [5.74, 6) is -1.16. The number of halogens is 2. The Morgan fingerprint density at radius 1 is 1.27 bits per heavy atom. The standard InChI is InChI=1S/C19H21F2N5/c1-12-7-8-25(11-12)18-14-10-22-13(2)9-15(14)26(24-18)17-6-4-5-16(23-17)19(3,20)21/h4-6,9-10,12H,7-8,11H2,1-3H3. The van der Waals surface area contributed by atoms with E-state index in [0.29, 0.717) is 11.7 Å². The number of nitrogens with zero attached hydrogens (tertiary/aromatic N) is 5. The van der Waals surface area contributed by atoms with Gasteiger partial charge in [-0.05, 0) is 37.5 Å². The summed E-state index contributed by atoms with van der Waals surface area (Å²) in [6.45, 7) is 6.84. The Bertz CT molecular complexity index is 960. The van der Waals surface area contributed by atoms with E-state index in [1.54, 1.807) is 16.8 Å². The number of hydrogen-bond acceptors (Lipinski definition) is 4. The maximum atomic E-state index is 13.7. The monoisotopic (exact) mass is 357 g/mol. The Hall–Kier alpha value is -2.57. The highest BCUT2D eigenvalue weighted by Crippen LogP contribution is 2.32. The van der Waals surface area contributed by atoms with E-state index in [9.17, 15) is 8.78 Å². The molecule has 1 aliphatic heterocycles. The van der Waals surface area contributed by atoms with Crippen LogP contribution in [0.4, 0.5) is 14.6 Å². The van der Waals surface area contributed by atoms with Crippen LogP contribution in [0, 0.1) is 12.8 Å². The number of alkyl halides is 2. The molecular weight excluding hydrogens is 336 g/mol. The van der Waals surface area contributed by atoms with Crippen LogP contribution < -0.4 is 4.90 Å². The van der Waals surface area contributed by atoms with Crippen molar-refractivity contribution in [3.8, 4) is 5.82 Å². The number of aryl methyl sites for hydroxylation is 1. The maximum absolute atomic E-state index is 13.7. The maximum Gasteiger partial charge on any atom is 0.287 e. The summed E-state index contributed by atoms with van der Waals surface area (Å²) in [6.07, 6.45) is 2.92. The Labute approximate surface area is 150 Å². The first-order valence-electron chi connectivity index (χ1n) is 8.79. The summed E-state index contributed by atoms with van der Waals surface area (Å²) in [4.78, 5) is 10.8. The Kier molecular flexibility index (Phi) is 3.89. The number of hydrogen-bond donors (Lipinski definition) is 0. The number of pyridine rings is 2. The summed E-state index contributed by atoms with van der Waals surface area (Å²) in [6, 6.07) is 6.55. The minimum Gasteiger partial charge on any atom is -0.354 e. The van der Waals surface area contributed by atoms with Gasteiger partial charge in [0.15, 0.2) is 11.6 Å². The molecule has 136 valence electrons. The Balaban J connectivity index is 1.89. The highest BCUT2D eigenvalue weighted by atomic mass is 19.3. The van der Waals surface area contributed by atoms with Gasteiger partial charge in [0.2, 0.25) is 0 Å². The van der Waals surface area contributed by atoms with E-state index < -0.39 is 5.92 Å². The molecule has 0 radical (unpaired) electrons. The fourth-order valence-corrected chi connectivity index (χ4v) is 3.42. The number of rotatable bonds is 3. The van der Waals surface area contributed by atoms with E-state index >= 15 is 0 Å². The van der Waals surface area contributed by atoms with Crippen LogP contribution in [-0.4, -0.2) is 32.8 Å². The minimum atomic E-state index is -3.00. The zero-order valence-electron chi connectivity index (χ0n) is 15.1. The largest absolute Gasteiger partial charge is 0.354 e. The van der Waals surface area contributed by atoms with Crippen molar-refractivity contribution >= 4 is 16.7 Å². The van der Waals surface area contributed by atoms with Gasteiger partial charge in [0.25, 0.3) is 5.92 Å². The SMILES string of the molecule is Cc1cc2c(cn1)c(N1CCC(C)C1)nn2-c1cccc(C(C)(F)F)n1. The quantitative estimate of drug-likeness (QED) is 0.709. The molecule has 1 fully saturated rings. The van der Waals surface area contributed by atoms with Crippen LogP contribution in [0.3, 0.4) is 0 Å². The zero-order chi connectivity index (χ0) is 18.5. The smallest absolute Gasteiger partial charge is 0.287 e. The first-order valence-corrected chi connectivity index (χ1v) is 8.79. The predicted octanol–water partition coefficient (Wildman–Crippen LogP) is 4.08.